The van der Waals surface area contributed by atoms with Crippen LogP contribution in [0.3, 0.4) is 0 Å². The number of H-pyrrole nitrogens is 1. The Balaban J connectivity index is 1.42. The van der Waals surface area contributed by atoms with Gasteiger partial charge in [0.25, 0.3) is 0 Å². The molecular weight excluding hydrogens is 490 g/mol. The van der Waals surface area contributed by atoms with Crippen molar-refractivity contribution in [2.24, 2.45) is 0 Å². The number of aliphatic hydroxyl groups excluding tert-OH is 2. The Labute approximate surface area is 230 Å². The van der Waals surface area contributed by atoms with Crippen LogP contribution in [-0.2, 0) is 0 Å². The molecule has 1 unspecified atom stereocenters. The molecule has 0 bridgehead atoms. The first-order valence-electron chi connectivity index (χ1n) is 14.2. The zero-order valence-corrected chi connectivity index (χ0v) is 24.1. The summed E-state index contributed by atoms with van der Waals surface area (Å²) in [6.45, 7) is 9.98. The maximum absolute atomic E-state index is 10.4. The number of hydrogen-bond donors (Lipinski definition) is 3. The Kier molecular flexibility index (Phi) is 8.05. The maximum atomic E-state index is 10.4. The maximum Gasteiger partial charge on any atom is 0.158 e. The minimum absolute atomic E-state index is 0.106. The van der Waals surface area contributed by atoms with Gasteiger partial charge in [0.15, 0.2) is 5.65 Å². The monoisotopic (exact) mass is 533 g/mol. The normalized spacial score (nSPS) is 19.3. The van der Waals surface area contributed by atoms with E-state index in [9.17, 15) is 10.2 Å². The van der Waals surface area contributed by atoms with E-state index in [1.54, 1.807) is 6.33 Å². The molecule has 5 rings (SSSR count). The van der Waals surface area contributed by atoms with Gasteiger partial charge < -0.3 is 15.2 Å². The van der Waals surface area contributed by atoms with Gasteiger partial charge in [-0.2, -0.15) is 5.10 Å². The fourth-order valence-electron chi connectivity index (χ4n) is 6.22. The summed E-state index contributed by atoms with van der Waals surface area (Å²) in [5.41, 5.74) is 10.0. The number of nitrogens with zero attached hydrogens (tertiary/aromatic N) is 6. The van der Waals surface area contributed by atoms with Gasteiger partial charge in [-0.1, -0.05) is 13.8 Å². The number of likely N-dealkylation sites (N-methyl/N-ethyl adjacent to an activating group) is 1. The average Bonchev–Trinajstić information content (AvgIpc) is 3.55. The van der Waals surface area contributed by atoms with Crippen molar-refractivity contribution in [3.63, 3.8) is 0 Å². The first-order chi connectivity index (χ1) is 18.7. The molecule has 3 N–H and O–H groups in total. The number of aryl methyl sites for hydroxylation is 1. The summed E-state index contributed by atoms with van der Waals surface area (Å²) in [4.78, 5) is 17.5. The summed E-state index contributed by atoms with van der Waals surface area (Å²) in [7, 11) is 3.77. The predicted octanol–water partition coefficient (Wildman–Crippen LogP) is 4.21. The number of aliphatic hydroxyl groups is 2. The molecule has 9 heteroatoms. The van der Waals surface area contributed by atoms with Gasteiger partial charge in [0.05, 0.1) is 23.3 Å². The molecule has 4 aromatic heterocycles. The molecule has 0 saturated heterocycles. The second-order valence-corrected chi connectivity index (χ2v) is 11.7. The quantitative estimate of drug-likeness (QED) is 0.277. The Morgan fingerprint density at radius 3 is 2.51 bits per heavy atom. The lowest BCUT2D eigenvalue weighted by atomic mass is 9.83. The summed E-state index contributed by atoms with van der Waals surface area (Å²) in [5, 5.41) is 24.4. The van der Waals surface area contributed by atoms with Crippen molar-refractivity contribution in [3.8, 4) is 11.3 Å². The van der Waals surface area contributed by atoms with Crippen molar-refractivity contribution in [1.29, 1.82) is 0 Å². The Hall–Kier alpha value is -2.85. The van der Waals surface area contributed by atoms with Crippen molar-refractivity contribution < 1.29 is 10.2 Å². The fourth-order valence-corrected chi connectivity index (χ4v) is 6.22. The molecule has 1 atom stereocenters. The van der Waals surface area contributed by atoms with E-state index in [0.29, 0.717) is 31.0 Å². The molecule has 1 fully saturated rings. The highest BCUT2D eigenvalue weighted by Crippen LogP contribution is 2.39. The number of hydrogen-bond acceptors (Lipinski definition) is 7. The molecule has 4 heterocycles. The second kappa shape index (κ2) is 11.3. The Morgan fingerprint density at radius 1 is 1.10 bits per heavy atom. The van der Waals surface area contributed by atoms with E-state index in [-0.39, 0.29) is 6.61 Å². The second-order valence-electron chi connectivity index (χ2n) is 11.7. The first-order valence-corrected chi connectivity index (χ1v) is 14.2. The molecule has 39 heavy (non-hydrogen) atoms. The zero-order valence-electron chi connectivity index (χ0n) is 24.1. The molecule has 0 aliphatic heterocycles. The molecular formula is C30H43N7O2. The molecule has 0 spiro atoms. The largest absolute Gasteiger partial charge is 0.395 e. The molecule has 4 aromatic rings. The third kappa shape index (κ3) is 5.33. The Bertz CT molecular complexity index is 1430. The third-order valence-corrected chi connectivity index (χ3v) is 8.69. The highest BCUT2D eigenvalue weighted by Gasteiger charge is 2.29. The topological polar surface area (TPSA) is 106 Å². The van der Waals surface area contributed by atoms with Crippen LogP contribution >= 0.6 is 0 Å². The number of aromatic nitrogens is 5. The number of nitrogens with one attached hydrogen (secondary N) is 1. The highest BCUT2D eigenvalue weighted by atomic mass is 16.3. The van der Waals surface area contributed by atoms with E-state index in [4.69, 9.17) is 4.98 Å². The molecule has 0 radical (unpaired) electrons. The minimum Gasteiger partial charge on any atom is -0.395 e. The third-order valence-electron chi connectivity index (χ3n) is 8.69. The number of fused-ring (bicyclic) bond motifs is 2. The molecule has 1 aliphatic rings. The van der Waals surface area contributed by atoms with Gasteiger partial charge in [0.1, 0.15) is 12.6 Å². The van der Waals surface area contributed by atoms with Crippen molar-refractivity contribution in [2.75, 3.05) is 33.8 Å². The van der Waals surface area contributed by atoms with Gasteiger partial charge in [-0.05, 0) is 82.8 Å². The van der Waals surface area contributed by atoms with E-state index in [1.165, 1.54) is 11.1 Å². The van der Waals surface area contributed by atoms with Crippen molar-refractivity contribution >= 4 is 16.7 Å². The van der Waals surface area contributed by atoms with Crippen LogP contribution in [-0.4, -0.2) is 90.6 Å². The van der Waals surface area contributed by atoms with Crippen LogP contribution in [0.25, 0.3) is 27.9 Å². The molecule has 0 amide bonds. The van der Waals surface area contributed by atoms with Gasteiger partial charge in [-0.3, -0.25) is 14.8 Å². The number of rotatable bonds is 9. The van der Waals surface area contributed by atoms with Gasteiger partial charge in [0, 0.05) is 48.1 Å². The van der Waals surface area contributed by atoms with Crippen LogP contribution in [0.15, 0.2) is 24.7 Å². The SMILES string of the molecule is Cc1c(-c2[nH]c3ccc(C4CCC(N(CCO)CC(O)N(C)C)CC4)nc3c2C(C)C)cn2ncnc2c1C. The van der Waals surface area contributed by atoms with E-state index >= 15 is 0 Å². The van der Waals surface area contributed by atoms with Crippen LogP contribution < -0.4 is 0 Å². The van der Waals surface area contributed by atoms with Crippen molar-refractivity contribution in [1.82, 2.24) is 34.4 Å². The molecule has 210 valence electrons. The van der Waals surface area contributed by atoms with Gasteiger partial charge in [0.2, 0.25) is 0 Å². The summed E-state index contributed by atoms with van der Waals surface area (Å²) in [6.07, 6.45) is 7.34. The molecule has 0 aromatic carbocycles. The smallest absolute Gasteiger partial charge is 0.158 e. The van der Waals surface area contributed by atoms with E-state index in [1.807, 2.05) is 23.5 Å². The minimum atomic E-state index is -0.534. The van der Waals surface area contributed by atoms with Crippen LogP contribution in [0.2, 0.25) is 0 Å². The van der Waals surface area contributed by atoms with E-state index < -0.39 is 6.23 Å². The van der Waals surface area contributed by atoms with E-state index in [2.05, 4.69) is 66.0 Å². The lowest BCUT2D eigenvalue weighted by molar-refractivity contribution is -0.0123. The molecule has 1 aliphatic carbocycles. The fraction of sp³-hybridized carbons (Fsp3) is 0.567. The van der Waals surface area contributed by atoms with Crippen LogP contribution in [0, 0.1) is 13.8 Å². The summed E-state index contributed by atoms with van der Waals surface area (Å²) in [5.74, 6) is 0.711. The van der Waals surface area contributed by atoms with Crippen LogP contribution in [0.4, 0.5) is 0 Å². The van der Waals surface area contributed by atoms with Crippen LogP contribution in [0.1, 0.15) is 73.8 Å². The van der Waals surface area contributed by atoms with Gasteiger partial charge >= 0.3 is 0 Å². The lowest BCUT2D eigenvalue weighted by Crippen LogP contribution is -2.47. The van der Waals surface area contributed by atoms with Crippen molar-refractivity contribution in [3.05, 3.63) is 47.0 Å². The summed E-state index contributed by atoms with van der Waals surface area (Å²) < 4.78 is 1.86. The lowest BCUT2D eigenvalue weighted by Gasteiger charge is -2.38. The number of aromatic amines is 1. The highest BCUT2D eigenvalue weighted by molar-refractivity contribution is 5.89. The first kappa shape index (κ1) is 27.7. The molecule has 9 nitrogen and oxygen atoms in total. The average molecular weight is 534 g/mol. The Morgan fingerprint density at radius 2 is 1.85 bits per heavy atom. The van der Waals surface area contributed by atoms with Gasteiger partial charge in [-0.25, -0.2) is 9.50 Å². The standard InChI is InChI=1S/C30H43N7O2/c1-18(2)27-28(23-15-37-30(31-17-32-37)20(4)19(23)3)34-25-12-11-24(33-29(25)27)21-7-9-22(10-8-21)36(13-14-38)16-26(39)35(5)6/h11-12,15,17-18,21-22,26,34,38-39H,7-10,13-14,16H2,1-6H3. The molecule has 1 saturated carbocycles. The summed E-state index contributed by atoms with van der Waals surface area (Å²) in [6, 6.07) is 4.76. The zero-order chi connectivity index (χ0) is 27.8. The number of pyridine rings is 2. The van der Waals surface area contributed by atoms with E-state index in [0.717, 1.165) is 64.9 Å². The predicted molar refractivity (Wildman–Crippen MR) is 155 cm³/mol. The summed E-state index contributed by atoms with van der Waals surface area (Å²) >= 11 is 0. The van der Waals surface area contributed by atoms with Gasteiger partial charge in [-0.15, -0.1) is 0 Å². The van der Waals surface area contributed by atoms with Crippen molar-refractivity contribution in [2.45, 2.75) is 77.5 Å². The van der Waals surface area contributed by atoms with Crippen LogP contribution in [0.5, 0.6) is 0 Å².